The molecule has 3 aromatic rings. The van der Waals surface area contributed by atoms with Crippen molar-refractivity contribution in [3.8, 4) is 5.75 Å². The molecule has 0 unspecified atom stereocenters. The van der Waals surface area contributed by atoms with Crippen LogP contribution in [0.25, 0.3) is 0 Å². The second-order valence-electron chi connectivity index (χ2n) is 6.58. The standard InChI is InChI=1S/C20H23N5O3/c1-12-16(13(2)25(4)23-12)18(26)20(27)22-17(19-21-9-10-24(19)3)14-7-6-8-15(11-14)28-5/h6-11,17H,1-5H3,(H,22,27)/t17-/m1/s1. The zero-order valence-electron chi connectivity index (χ0n) is 16.6. The lowest BCUT2D eigenvalue weighted by atomic mass is 10.0. The lowest BCUT2D eigenvalue weighted by molar-refractivity contribution is -0.117. The fourth-order valence-corrected chi connectivity index (χ4v) is 3.19. The van der Waals surface area contributed by atoms with E-state index in [0.717, 1.165) is 5.56 Å². The molecule has 0 aliphatic heterocycles. The first-order chi connectivity index (χ1) is 13.3. The van der Waals surface area contributed by atoms with Gasteiger partial charge in [-0.25, -0.2) is 4.98 Å². The SMILES string of the molecule is COc1cccc([C@@H](NC(=O)C(=O)c2c(C)nn(C)c2C)c2nccn2C)c1. The molecule has 0 radical (unpaired) electrons. The van der Waals surface area contributed by atoms with Gasteiger partial charge in [0.25, 0.3) is 11.7 Å². The predicted octanol–water partition coefficient (Wildman–Crippen LogP) is 1.87. The van der Waals surface area contributed by atoms with Gasteiger partial charge in [0.1, 0.15) is 17.6 Å². The average Bonchev–Trinajstić information content (AvgIpc) is 3.21. The summed E-state index contributed by atoms with van der Waals surface area (Å²) in [5.74, 6) is -0.0782. The number of aryl methyl sites for hydroxylation is 3. The minimum absolute atomic E-state index is 0.323. The summed E-state index contributed by atoms with van der Waals surface area (Å²) < 4.78 is 8.68. The van der Waals surface area contributed by atoms with E-state index in [1.165, 1.54) is 0 Å². The van der Waals surface area contributed by atoms with Crippen LogP contribution >= 0.6 is 0 Å². The summed E-state index contributed by atoms with van der Waals surface area (Å²) in [6.07, 6.45) is 3.43. The highest BCUT2D eigenvalue weighted by atomic mass is 16.5. The third-order valence-corrected chi connectivity index (χ3v) is 4.76. The van der Waals surface area contributed by atoms with Gasteiger partial charge in [-0.2, -0.15) is 5.10 Å². The van der Waals surface area contributed by atoms with Crippen molar-refractivity contribution in [2.75, 3.05) is 7.11 Å². The van der Waals surface area contributed by atoms with Crippen LogP contribution in [0, 0.1) is 13.8 Å². The van der Waals surface area contributed by atoms with Crippen molar-refractivity contribution >= 4 is 11.7 Å². The number of hydrogen-bond acceptors (Lipinski definition) is 5. The van der Waals surface area contributed by atoms with Crippen LogP contribution in [0.4, 0.5) is 0 Å². The Morgan fingerprint density at radius 2 is 1.96 bits per heavy atom. The Morgan fingerprint density at radius 3 is 2.54 bits per heavy atom. The molecule has 28 heavy (non-hydrogen) atoms. The van der Waals surface area contributed by atoms with Crippen molar-refractivity contribution in [1.82, 2.24) is 24.6 Å². The highest BCUT2D eigenvalue weighted by Gasteiger charge is 2.28. The Hall–Kier alpha value is -3.42. The first-order valence-electron chi connectivity index (χ1n) is 8.80. The van der Waals surface area contributed by atoms with Crippen LogP contribution in [0.2, 0.25) is 0 Å². The average molecular weight is 381 g/mol. The molecule has 0 aliphatic carbocycles. The highest BCUT2D eigenvalue weighted by Crippen LogP contribution is 2.24. The summed E-state index contributed by atoms with van der Waals surface area (Å²) in [6, 6.07) is 6.70. The molecule has 0 saturated carbocycles. The van der Waals surface area contributed by atoms with Gasteiger partial charge in [-0.05, 0) is 31.5 Å². The lowest BCUT2D eigenvalue weighted by Gasteiger charge is -2.19. The van der Waals surface area contributed by atoms with Gasteiger partial charge in [-0.3, -0.25) is 14.3 Å². The molecule has 2 heterocycles. The third-order valence-electron chi connectivity index (χ3n) is 4.76. The van der Waals surface area contributed by atoms with E-state index < -0.39 is 17.7 Å². The molecule has 1 aromatic carbocycles. The van der Waals surface area contributed by atoms with E-state index in [1.54, 1.807) is 49.6 Å². The van der Waals surface area contributed by atoms with Crippen LogP contribution in [0.15, 0.2) is 36.7 Å². The zero-order valence-corrected chi connectivity index (χ0v) is 16.6. The van der Waals surface area contributed by atoms with Crippen LogP contribution in [-0.4, -0.2) is 38.1 Å². The van der Waals surface area contributed by atoms with Crippen LogP contribution in [0.3, 0.4) is 0 Å². The number of nitrogens with one attached hydrogen (secondary N) is 1. The summed E-state index contributed by atoms with van der Waals surface area (Å²) >= 11 is 0. The van der Waals surface area contributed by atoms with Crippen LogP contribution in [-0.2, 0) is 18.9 Å². The number of rotatable bonds is 6. The molecule has 0 saturated heterocycles. The summed E-state index contributed by atoms with van der Waals surface area (Å²) in [4.78, 5) is 30.0. The molecule has 0 aliphatic rings. The summed E-state index contributed by atoms with van der Waals surface area (Å²) in [5, 5.41) is 7.05. The maximum atomic E-state index is 12.8. The maximum Gasteiger partial charge on any atom is 0.293 e. The van der Waals surface area contributed by atoms with Crippen molar-refractivity contribution in [3.63, 3.8) is 0 Å². The number of amides is 1. The van der Waals surface area contributed by atoms with Gasteiger partial charge in [-0.15, -0.1) is 0 Å². The van der Waals surface area contributed by atoms with Crippen LogP contribution in [0.1, 0.15) is 39.2 Å². The number of aromatic nitrogens is 4. The van der Waals surface area contributed by atoms with E-state index in [2.05, 4.69) is 15.4 Å². The highest BCUT2D eigenvalue weighted by molar-refractivity contribution is 6.43. The van der Waals surface area contributed by atoms with E-state index in [-0.39, 0.29) is 0 Å². The van der Waals surface area contributed by atoms with Gasteiger partial charge in [0.05, 0.1) is 18.4 Å². The first-order valence-corrected chi connectivity index (χ1v) is 8.80. The monoisotopic (exact) mass is 381 g/mol. The quantitative estimate of drug-likeness (QED) is 0.520. The summed E-state index contributed by atoms with van der Waals surface area (Å²) in [6.45, 7) is 3.48. The van der Waals surface area contributed by atoms with E-state index in [0.29, 0.717) is 28.5 Å². The smallest absolute Gasteiger partial charge is 0.293 e. The van der Waals surface area contributed by atoms with E-state index >= 15 is 0 Å². The van der Waals surface area contributed by atoms with Crippen molar-refractivity contribution in [2.45, 2.75) is 19.9 Å². The minimum Gasteiger partial charge on any atom is -0.497 e. The number of benzene rings is 1. The van der Waals surface area contributed by atoms with Gasteiger partial charge in [0.2, 0.25) is 0 Å². The third kappa shape index (κ3) is 3.53. The topological polar surface area (TPSA) is 91.0 Å². The molecule has 146 valence electrons. The number of ether oxygens (including phenoxy) is 1. The molecule has 8 heteroatoms. The van der Waals surface area contributed by atoms with Gasteiger partial charge in [-0.1, -0.05) is 12.1 Å². The normalized spacial score (nSPS) is 11.9. The molecule has 2 aromatic heterocycles. The second kappa shape index (κ2) is 7.67. The van der Waals surface area contributed by atoms with E-state index in [9.17, 15) is 9.59 Å². The van der Waals surface area contributed by atoms with Gasteiger partial charge in [0, 0.05) is 32.2 Å². The van der Waals surface area contributed by atoms with Crippen molar-refractivity contribution in [1.29, 1.82) is 0 Å². The number of imidazole rings is 1. The zero-order chi connectivity index (χ0) is 20.4. The number of nitrogens with zero attached hydrogens (tertiary/aromatic N) is 4. The molecule has 8 nitrogen and oxygen atoms in total. The molecule has 1 amide bonds. The number of hydrogen-bond donors (Lipinski definition) is 1. The molecule has 1 N–H and O–H groups in total. The van der Waals surface area contributed by atoms with Crippen molar-refractivity contribution < 1.29 is 14.3 Å². The van der Waals surface area contributed by atoms with Gasteiger partial charge < -0.3 is 14.6 Å². The predicted molar refractivity (Wildman–Crippen MR) is 103 cm³/mol. The number of methoxy groups -OCH3 is 1. The molecule has 1 atom stereocenters. The fourth-order valence-electron chi connectivity index (χ4n) is 3.19. The minimum atomic E-state index is -0.713. The van der Waals surface area contributed by atoms with Gasteiger partial charge in [0.15, 0.2) is 0 Å². The van der Waals surface area contributed by atoms with Crippen LogP contribution in [0.5, 0.6) is 5.75 Å². The van der Waals surface area contributed by atoms with E-state index in [1.807, 2.05) is 31.3 Å². The van der Waals surface area contributed by atoms with Crippen molar-refractivity contribution in [2.24, 2.45) is 14.1 Å². The summed E-state index contributed by atoms with van der Waals surface area (Å²) in [5.41, 5.74) is 2.25. The molecule has 0 spiro atoms. The number of ketones is 1. The fraction of sp³-hybridized carbons (Fsp3) is 0.300. The molecular formula is C20H23N5O3. The second-order valence-corrected chi connectivity index (χ2v) is 6.58. The Labute approximate surface area is 163 Å². The number of Topliss-reactive ketones (excluding diaryl/α,β-unsaturated/α-hetero) is 1. The molecule has 0 bridgehead atoms. The van der Waals surface area contributed by atoms with Crippen LogP contribution < -0.4 is 10.1 Å². The van der Waals surface area contributed by atoms with Crippen molar-refractivity contribution in [3.05, 3.63) is 65.0 Å². The largest absolute Gasteiger partial charge is 0.497 e. The maximum absolute atomic E-state index is 12.8. The Bertz CT molecular complexity index is 1030. The molecule has 3 rings (SSSR count). The Balaban J connectivity index is 1.96. The first kappa shape index (κ1) is 19.3. The number of carbonyl (C=O) groups excluding carboxylic acids is 2. The molecular weight excluding hydrogens is 358 g/mol. The Kier molecular flexibility index (Phi) is 5.30. The number of carbonyl (C=O) groups is 2. The summed E-state index contributed by atoms with van der Waals surface area (Å²) in [7, 11) is 5.15. The Morgan fingerprint density at radius 1 is 1.21 bits per heavy atom. The lowest BCUT2D eigenvalue weighted by Crippen LogP contribution is -2.36. The van der Waals surface area contributed by atoms with E-state index in [4.69, 9.17) is 4.74 Å². The molecule has 0 fully saturated rings. The van der Waals surface area contributed by atoms with Gasteiger partial charge >= 0.3 is 0 Å².